The van der Waals surface area contributed by atoms with E-state index in [0.717, 1.165) is 6.54 Å². The molecule has 1 atom stereocenters. The summed E-state index contributed by atoms with van der Waals surface area (Å²) in [5.41, 5.74) is 0.289. The van der Waals surface area contributed by atoms with Gasteiger partial charge in [-0.1, -0.05) is 12.8 Å². The lowest BCUT2D eigenvalue weighted by Gasteiger charge is -2.37. The van der Waals surface area contributed by atoms with Crippen LogP contribution in [0.25, 0.3) is 0 Å². The second kappa shape index (κ2) is 6.36. The Morgan fingerprint density at radius 3 is 2.47 bits per heavy atom. The summed E-state index contributed by atoms with van der Waals surface area (Å²) in [5.74, 6) is -0.707. The molecule has 0 bridgehead atoms. The molecule has 0 aromatic heterocycles. The van der Waals surface area contributed by atoms with Crippen LogP contribution in [0.5, 0.6) is 0 Å². The summed E-state index contributed by atoms with van der Waals surface area (Å²) in [6.07, 6.45) is 6.08. The number of rotatable bonds is 7. The van der Waals surface area contributed by atoms with Crippen LogP contribution in [0, 0.1) is 0 Å². The van der Waals surface area contributed by atoms with Crippen molar-refractivity contribution < 1.29 is 9.90 Å². The van der Waals surface area contributed by atoms with Crippen molar-refractivity contribution in [2.45, 2.75) is 57.0 Å². The SMILES string of the molecule is CC(CCC(=O)O)NCC1(N(C)C)CCCC1. The number of carbonyl (C=O) groups is 1. The van der Waals surface area contributed by atoms with Gasteiger partial charge in [0.15, 0.2) is 0 Å². The fraction of sp³-hybridized carbons (Fsp3) is 0.923. The van der Waals surface area contributed by atoms with Crippen LogP contribution in [-0.4, -0.2) is 48.2 Å². The van der Waals surface area contributed by atoms with Gasteiger partial charge in [0.2, 0.25) is 0 Å². The quantitative estimate of drug-likeness (QED) is 0.713. The summed E-state index contributed by atoms with van der Waals surface area (Å²) in [5, 5.41) is 12.1. The van der Waals surface area contributed by atoms with Gasteiger partial charge in [0.05, 0.1) is 0 Å². The monoisotopic (exact) mass is 242 g/mol. The number of carboxylic acids is 1. The van der Waals surface area contributed by atoms with Gasteiger partial charge in [0.25, 0.3) is 0 Å². The maximum atomic E-state index is 10.5. The molecule has 100 valence electrons. The Balaban J connectivity index is 2.34. The molecule has 4 nitrogen and oxygen atoms in total. The normalized spacial score (nSPS) is 20.7. The first kappa shape index (κ1) is 14.5. The lowest BCUT2D eigenvalue weighted by Crippen LogP contribution is -2.51. The van der Waals surface area contributed by atoms with E-state index in [4.69, 9.17) is 5.11 Å². The molecular formula is C13H26N2O2. The predicted molar refractivity (Wildman–Crippen MR) is 69.2 cm³/mol. The standard InChI is InChI=1S/C13H26N2O2/c1-11(6-7-12(16)17)14-10-13(15(2)3)8-4-5-9-13/h11,14H,4-10H2,1-3H3,(H,16,17). The lowest BCUT2D eigenvalue weighted by molar-refractivity contribution is -0.137. The lowest BCUT2D eigenvalue weighted by atomic mass is 9.95. The van der Waals surface area contributed by atoms with Gasteiger partial charge in [-0.25, -0.2) is 0 Å². The van der Waals surface area contributed by atoms with E-state index in [1.165, 1.54) is 25.7 Å². The highest BCUT2D eigenvalue weighted by molar-refractivity contribution is 5.66. The van der Waals surface area contributed by atoms with Crippen molar-refractivity contribution in [2.24, 2.45) is 0 Å². The number of likely N-dealkylation sites (N-methyl/N-ethyl adjacent to an activating group) is 1. The van der Waals surface area contributed by atoms with E-state index >= 15 is 0 Å². The van der Waals surface area contributed by atoms with E-state index in [9.17, 15) is 4.79 Å². The molecule has 0 amide bonds. The number of hydrogen-bond donors (Lipinski definition) is 2. The first-order valence-electron chi connectivity index (χ1n) is 6.59. The maximum absolute atomic E-state index is 10.5. The van der Waals surface area contributed by atoms with E-state index in [2.05, 4.69) is 31.2 Å². The molecule has 2 N–H and O–H groups in total. The van der Waals surface area contributed by atoms with Crippen LogP contribution in [-0.2, 0) is 4.79 Å². The molecule has 1 aliphatic rings. The summed E-state index contributed by atoms with van der Waals surface area (Å²) < 4.78 is 0. The van der Waals surface area contributed by atoms with Crippen LogP contribution >= 0.6 is 0 Å². The highest BCUT2D eigenvalue weighted by Crippen LogP contribution is 2.33. The summed E-state index contributed by atoms with van der Waals surface area (Å²) in [6.45, 7) is 3.04. The molecule has 0 aromatic carbocycles. The number of carboxylic acid groups (broad SMARTS) is 1. The van der Waals surface area contributed by atoms with Crippen LogP contribution in [0.1, 0.15) is 45.4 Å². The van der Waals surface area contributed by atoms with Gasteiger partial charge in [-0.2, -0.15) is 0 Å². The van der Waals surface area contributed by atoms with Crippen molar-refractivity contribution in [3.05, 3.63) is 0 Å². The van der Waals surface area contributed by atoms with Crippen LogP contribution < -0.4 is 5.32 Å². The van der Waals surface area contributed by atoms with Gasteiger partial charge in [-0.3, -0.25) is 4.79 Å². The highest BCUT2D eigenvalue weighted by Gasteiger charge is 2.35. The molecule has 17 heavy (non-hydrogen) atoms. The molecular weight excluding hydrogens is 216 g/mol. The van der Waals surface area contributed by atoms with Gasteiger partial charge in [-0.15, -0.1) is 0 Å². The average Bonchev–Trinajstić information content (AvgIpc) is 2.73. The van der Waals surface area contributed by atoms with E-state index in [-0.39, 0.29) is 18.0 Å². The minimum Gasteiger partial charge on any atom is -0.481 e. The van der Waals surface area contributed by atoms with Crippen molar-refractivity contribution >= 4 is 5.97 Å². The van der Waals surface area contributed by atoms with Crippen molar-refractivity contribution in [3.63, 3.8) is 0 Å². The third-order valence-corrected chi connectivity index (χ3v) is 4.05. The molecule has 0 saturated heterocycles. The summed E-state index contributed by atoms with van der Waals surface area (Å²) >= 11 is 0. The number of hydrogen-bond acceptors (Lipinski definition) is 3. The fourth-order valence-electron chi connectivity index (χ4n) is 2.62. The third kappa shape index (κ3) is 4.28. The van der Waals surface area contributed by atoms with Crippen molar-refractivity contribution in [2.75, 3.05) is 20.6 Å². The van der Waals surface area contributed by atoms with Crippen molar-refractivity contribution in [1.82, 2.24) is 10.2 Å². The van der Waals surface area contributed by atoms with Crippen LogP contribution in [0.15, 0.2) is 0 Å². The molecule has 0 spiro atoms. The molecule has 1 fully saturated rings. The topological polar surface area (TPSA) is 52.6 Å². The molecule has 4 heteroatoms. The van der Waals surface area contributed by atoms with E-state index in [0.29, 0.717) is 6.42 Å². The predicted octanol–water partition coefficient (Wildman–Crippen LogP) is 1.70. The van der Waals surface area contributed by atoms with Crippen LogP contribution in [0.3, 0.4) is 0 Å². The summed E-state index contributed by atoms with van der Waals surface area (Å²) in [6, 6.07) is 0.281. The Hall–Kier alpha value is -0.610. The Kier molecular flexibility index (Phi) is 5.40. The number of nitrogens with zero attached hydrogens (tertiary/aromatic N) is 1. The Morgan fingerprint density at radius 1 is 1.41 bits per heavy atom. The first-order valence-corrected chi connectivity index (χ1v) is 6.59. The van der Waals surface area contributed by atoms with Crippen LogP contribution in [0.2, 0.25) is 0 Å². The third-order valence-electron chi connectivity index (χ3n) is 4.05. The smallest absolute Gasteiger partial charge is 0.303 e. The second-order valence-corrected chi connectivity index (χ2v) is 5.54. The fourth-order valence-corrected chi connectivity index (χ4v) is 2.62. The molecule has 0 aromatic rings. The number of nitrogens with one attached hydrogen (secondary N) is 1. The molecule has 0 heterocycles. The largest absolute Gasteiger partial charge is 0.481 e. The number of aliphatic carboxylic acids is 1. The zero-order chi connectivity index (χ0) is 12.9. The van der Waals surface area contributed by atoms with E-state index in [1.54, 1.807) is 0 Å². The van der Waals surface area contributed by atoms with Gasteiger partial charge < -0.3 is 15.3 Å². The van der Waals surface area contributed by atoms with Gasteiger partial charge in [0, 0.05) is 24.5 Å². The highest BCUT2D eigenvalue weighted by atomic mass is 16.4. The molecule has 1 rings (SSSR count). The maximum Gasteiger partial charge on any atom is 0.303 e. The molecule has 0 aliphatic heterocycles. The van der Waals surface area contributed by atoms with Crippen LogP contribution in [0.4, 0.5) is 0 Å². The Labute approximate surface area is 104 Å². The minimum absolute atomic E-state index is 0.253. The molecule has 1 saturated carbocycles. The van der Waals surface area contributed by atoms with Gasteiger partial charge >= 0.3 is 5.97 Å². The average molecular weight is 242 g/mol. The molecule has 1 unspecified atom stereocenters. The Bertz CT molecular complexity index is 248. The first-order chi connectivity index (χ1) is 7.96. The second-order valence-electron chi connectivity index (χ2n) is 5.54. The zero-order valence-corrected chi connectivity index (χ0v) is 11.3. The molecule has 1 aliphatic carbocycles. The van der Waals surface area contributed by atoms with Crippen molar-refractivity contribution in [1.29, 1.82) is 0 Å². The minimum atomic E-state index is -0.707. The van der Waals surface area contributed by atoms with Gasteiger partial charge in [0.1, 0.15) is 0 Å². The summed E-state index contributed by atoms with van der Waals surface area (Å²) in [7, 11) is 4.30. The van der Waals surface area contributed by atoms with Crippen molar-refractivity contribution in [3.8, 4) is 0 Å². The van der Waals surface area contributed by atoms with Gasteiger partial charge in [-0.05, 0) is 40.3 Å². The van der Waals surface area contributed by atoms with E-state index < -0.39 is 5.97 Å². The molecule has 0 radical (unpaired) electrons. The Morgan fingerprint density at radius 2 is 2.00 bits per heavy atom. The zero-order valence-electron chi connectivity index (χ0n) is 11.3. The summed E-state index contributed by atoms with van der Waals surface area (Å²) in [4.78, 5) is 12.8. The van der Waals surface area contributed by atoms with E-state index in [1.807, 2.05) is 0 Å².